The fourth-order valence-corrected chi connectivity index (χ4v) is 2.50. The topological polar surface area (TPSA) is 29.0 Å². The van der Waals surface area contributed by atoms with Crippen LogP contribution in [0.2, 0.25) is 5.02 Å². The summed E-state index contributed by atoms with van der Waals surface area (Å²) in [6.07, 6.45) is 5.52. The maximum Gasteiger partial charge on any atom is 0.225 e. The van der Waals surface area contributed by atoms with Gasteiger partial charge in [0, 0.05) is 18.5 Å². The van der Waals surface area contributed by atoms with E-state index < -0.39 is 0 Å². The molecule has 94 valence electrons. The summed E-state index contributed by atoms with van der Waals surface area (Å²) in [5, 5.41) is 0.665. The van der Waals surface area contributed by atoms with E-state index in [0.717, 1.165) is 24.7 Å². The monoisotopic (exact) mass is 253 g/mol. The SMILES string of the molecule is CC(C)(C)c1nc(N2CCCCC2)ncc1Cl. The molecule has 1 saturated heterocycles. The number of nitrogens with zero attached hydrogens (tertiary/aromatic N) is 3. The molecule has 0 bridgehead atoms. The third kappa shape index (κ3) is 2.89. The van der Waals surface area contributed by atoms with Crippen LogP contribution in [0.15, 0.2) is 6.20 Å². The zero-order chi connectivity index (χ0) is 12.5. The van der Waals surface area contributed by atoms with Gasteiger partial charge in [-0.2, -0.15) is 0 Å². The lowest BCUT2D eigenvalue weighted by atomic mass is 9.92. The van der Waals surface area contributed by atoms with E-state index in [4.69, 9.17) is 11.6 Å². The molecule has 1 aliphatic heterocycles. The Hall–Kier alpha value is -0.830. The van der Waals surface area contributed by atoms with E-state index >= 15 is 0 Å². The molecule has 3 nitrogen and oxygen atoms in total. The first-order valence-electron chi connectivity index (χ1n) is 6.26. The Bertz CT molecular complexity index is 392. The molecule has 1 aromatic rings. The maximum absolute atomic E-state index is 6.18. The molecule has 0 atom stereocenters. The van der Waals surface area contributed by atoms with Gasteiger partial charge in [0.2, 0.25) is 5.95 Å². The highest BCUT2D eigenvalue weighted by molar-refractivity contribution is 6.31. The summed E-state index contributed by atoms with van der Waals surface area (Å²) in [5.74, 6) is 0.832. The molecule has 0 aliphatic carbocycles. The van der Waals surface area contributed by atoms with Gasteiger partial charge in [0.25, 0.3) is 0 Å². The van der Waals surface area contributed by atoms with Crippen LogP contribution >= 0.6 is 11.6 Å². The molecule has 17 heavy (non-hydrogen) atoms. The van der Waals surface area contributed by atoms with Crippen molar-refractivity contribution in [3.05, 3.63) is 16.9 Å². The Kier molecular flexibility index (Phi) is 3.57. The molecule has 0 unspecified atom stereocenters. The van der Waals surface area contributed by atoms with Crippen LogP contribution in [0.25, 0.3) is 0 Å². The second-order valence-electron chi connectivity index (χ2n) is 5.66. The second-order valence-corrected chi connectivity index (χ2v) is 6.07. The van der Waals surface area contributed by atoms with Crippen molar-refractivity contribution in [2.45, 2.75) is 45.4 Å². The third-order valence-electron chi connectivity index (χ3n) is 3.08. The summed E-state index contributed by atoms with van der Waals surface area (Å²) in [6, 6.07) is 0. The third-order valence-corrected chi connectivity index (χ3v) is 3.36. The Labute approximate surface area is 108 Å². The largest absolute Gasteiger partial charge is 0.341 e. The average molecular weight is 254 g/mol. The van der Waals surface area contributed by atoms with E-state index in [0.29, 0.717) is 5.02 Å². The molecule has 0 radical (unpaired) electrons. The summed E-state index contributed by atoms with van der Waals surface area (Å²) < 4.78 is 0. The summed E-state index contributed by atoms with van der Waals surface area (Å²) in [7, 11) is 0. The van der Waals surface area contributed by atoms with Crippen LogP contribution in [-0.2, 0) is 5.41 Å². The smallest absolute Gasteiger partial charge is 0.225 e. The van der Waals surface area contributed by atoms with Gasteiger partial charge in [-0.05, 0) is 19.3 Å². The lowest BCUT2D eigenvalue weighted by Crippen LogP contribution is -2.31. The fraction of sp³-hybridized carbons (Fsp3) is 0.692. The highest BCUT2D eigenvalue weighted by atomic mass is 35.5. The van der Waals surface area contributed by atoms with Gasteiger partial charge in [-0.3, -0.25) is 0 Å². The molecule has 1 aromatic heterocycles. The lowest BCUT2D eigenvalue weighted by Gasteiger charge is -2.28. The lowest BCUT2D eigenvalue weighted by molar-refractivity contribution is 0.547. The number of hydrogen-bond donors (Lipinski definition) is 0. The van der Waals surface area contributed by atoms with Crippen molar-refractivity contribution in [2.75, 3.05) is 18.0 Å². The van der Waals surface area contributed by atoms with Crippen LogP contribution in [0, 0.1) is 0 Å². The highest BCUT2D eigenvalue weighted by Gasteiger charge is 2.22. The quantitative estimate of drug-likeness (QED) is 0.768. The zero-order valence-electron chi connectivity index (χ0n) is 10.8. The van der Waals surface area contributed by atoms with Crippen LogP contribution in [0.3, 0.4) is 0 Å². The van der Waals surface area contributed by atoms with Gasteiger partial charge in [0.1, 0.15) is 0 Å². The van der Waals surface area contributed by atoms with E-state index in [2.05, 4.69) is 35.6 Å². The van der Waals surface area contributed by atoms with Gasteiger partial charge in [-0.15, -0.1) is 0 Å². The molecule has 2 rings (SSSR count). The summed E-state index contributed by atoms with van der Waals surface area (Å²) in [6.45, 7) is 8.50. The van der Waals surface area contributed by atoms with Crippen molar-refractivity contribution in [3.8, 4) is 0 Å². The first-order chi connectivity index (χ1) is 7.98. The minimum atomic E-state index is -0.0371. The number of piperidine rings is 1. The molecule has 0 aromatic carbocycles. The first-order valence-corrected chi connectivity index (χ1v) is 6.64. The predicted octanol–water partition coefficient (Wildman–Crippen LogP) is 3.42. The standard InChI is InChI=1S/C13H20ClN3/c1-13(2,3)11-10(14)9-15-12(16-11)17-7-5-4-6-8-17/h9H,4-8H2,1-3H3. The molecule has 1 fully saturated rings. The minimum Gasteiger partial charge on any atom is -0.341 e. The van der Waals surface area contributed by atoms with Crippen LogP contribution in [0.4, 0.5) is 5.95 Å². The molecular weight excluding hydrogens is 234 g/mol. The van der Waals surface area contributed by atoms with Crippen molar-refractivity contribution < 1.29 is 0 Å². The van der Waals surface area contributed by atoms with Crippen LogP contribution in [0.5, 0.6) is 0 Å². The number of rotatable bonds is 1. The molecule has 1 aliphatic rings. The fourth-order valence-electron chi connectivity index (χ4n) is 2.13. The van der Waals surface area contributed by atoms with E-state index in [-0.39, 0.29) is 5.41 Å². The van der Waals surface area contributed by atoms with E-state index in [9.17, 15) is 0 Å². The Morgan fingerprint density at radius 1 is 1.18 bits per heavy atom. The molecule has 0 N–H and O–H groups in total. The van der Waals surface area contributed by atoms with Gasteiger partial charge >= 0.3 is 0 Å². The van der Waals surface area contributed by atoms with Gasteiger partial charge < -0.3 is 4.90 Å². The van der Waals surface area contributed by atoms with E-state index in [1.165, 1.54) is 19.3 Å². The van der Waals surface area contributed by atoms with Gasteiger partial charge in [-0.25, -0.2) is 9.97 Å². The molecule has 0 amide bonds. The highest BCUT2D eigenvalue weighted by Crippen LogP contribution is 2.28. The van der Waals surface area contributed by atoms with Crippen molar-refractivity contribution in [3.63, 3.8) is 0 Å². The Morgan fingerprint density at radius 2 is 1.82 bits per heavy atom. The average Bonchev–Trinajstić information content (AvgIpc) is 2.29. The van der Waals surface area contributed by atoms with Crippen molar-refractivity contribution in [1.82, 2.24) is 9.97 Å². The van der Waals surface area contributed by atoms with Crippen LogP contribution in [0.1, 0.15) is 45.7 Å². The van der Waals surface area contributed by atoms with Gasteiger partial charge in [-0.1, -0.05) is 32.4 Å². The number of hydrogen-bond acceptors (Lipinski definition) is 3. The number of halogens is 1. The second kappa shape index (κ2) is 4.81. The first kappa shape index (κ1) is 12.6. The van der Waals surface area contributed by atoms with E-state index in [1.54, 1.807) is 6.20 Å². The summed E-state index contributed by atoms with van der Waals surface area (Å²) in [5.41, 5.74) is 0.902. The normalized spacial score (nSPS) is 17.3. The summed E-state index contributed by atoms with van der Waals surface area (Å²) in [4.78, 5) is 11.3. The Balaban J connectivity index is 2.30. The van der Waals surface area contributed by atoms with Gasteiger partial charge in [0.05, 0.1) is 16.9 Å². The van der Waals surface area contributed by atoms with Crippen LogP contribution in [-0.4, -0.2) is 23.1 Å². The molecule has 0 saturated carbocycles. The van der Waals surface area contributed by atoms with Gasteiger partial charge in [0.15, 0.2) is 0 Å². The number of aromatic nitrogens is 2. The predicted molar refractivity (Wildman–Crippen MR) is 71.8 cm³/mol. The molecule has 0 spiro atoms. The molecule has 4 heteroatoms. The summed E-state index contributed by atoms with van der Waals surface area (Å²) >= 11 is 6.18. The van der Waals surface area contributed by atoms with Crippen molar-refractivity contribution in [1.29, 1.82) is 0 Å². The minimum absolute atomic E-state index is 0.0371. The van der Waals surface area contributed by atoms with Crippen molar-refractivity contribution >= 4 is 17.5 Å². The van der Waals surface area contributed by atoms with Crippen LogP contribution < -0.4 is 4.90 Å². The zero-order valence-corrected chi connectivity index (χ0v) is 11.6. The number of anilines is 1. The maximum atomic E-state index is 6.18. The molecule has 2 heterocycles. The van der Waals surface area contributed by atoms with E-state index in [1.807, 2.05) is 0 Å². The van der Waals surface area contributed by atoms with Crippen molar-refractivity contribution in [2.24, 2.45) is 0 Å². The molecular formula is C13H20ClN3. The Morgan fingerprint density at radius 3 is 2.41 bits per heavy atom.